The van der Waals surface area contributed by atoms with E-state index in [0.717, 1.165) is 22.9 Å². The fourth-order valence-electron chi connectivity index (χ4n) is 2.74. The molecule has 146 valence electrons. The molecule has 0 aliphatic carbocycles. The van der Waals surface area contributed by atoms with Gasteiger partial charge in [-0.25, -0.2) is 0 Å². The fraction of sp³-hybridized carbons (Fsp3) is 0.238. The van der Waals surface area contributed by atoms with Crippen molar-refractivity contribution in [1.29, 1.82) is 0 Å². The normalized spacial score (nSPS) is 15.4. The van der Waals surface area contributed by atoms with Gasteiger partial charge in [0.1, 0.15) is 0 Å². The Balaban J connectivity index is 1.83. The second-order valence-corrected chi connectivity index (χ2v) is 7.33. The summed E-state index contributed by atoms with van der Waals surface area (Å²) in [5.74, 6) is 0.920. The highest BCUT2D eigenvalue weighted by molar-refractivity contribution is 8.18. The molecule has 7 heteroatoms. The first-order valence-corrected chi connectivity index (χ1v) is 10.1. The Labute approximate surface area is 173 Å². The molecule has 1 heterocycles. The summed E-state index contributed by atoms with van der Waals surface area (Å²) in [6.07, 6.45) is 1.69. The molecule has 2 aromatic carbocycles. The number of thioether (sulfide) groups is 1. The molecule has 28 heavy (non-hydrogen) atoms. The van der Waals surface area contributed by atoms with E-state index in [1.54, 1.807) is 36.4 Å². The van der Waals surface area contributed by atoms with Crippen LogP contribution in [0.3, 0.4) is 0 Å². The molecule has 0 radical (unpaired) electrons. The Bertz CT molecular complexity index is 928. The van der Waals surface area contributed by atoms with Crippen molar-refractivity contribution < 1.29 is 19.1 Å². The van der Waals surface area contributed by atoms with E-state index >= 15 is 0 Å². The van der Waals surface area contributed by atoms with Crippen molar-refractivity contribution in [2.24, 2.45) is 0 Å². The summed E-state index contributed by atoms with van der Waals surface area (Å²) in [5.41, 5.74) is 1.49. The summed E-state index contributed by atoms with van der Waals surface area (Å²) in [6.45, 7) is 4.97. The summed E-state index contributed by atoms with van der Waals surface area (Å²) in [6, 6.07) is 12.6. The van der Waals surface area contributed by atoms with Gasteiger partial charge in [0.25, 0.3) is 11.1 Å². The highest BCUT2D eigenvalue weighted by atomic mass is 35.5. The molecular weight excluding hydrogens is 398 g/mol. The smallest absolute Gasteiger partial charge is 0.293 e. The van der Waals surface area contributed by atoms with Crippen molar-refractivity contribution in [3.8, 4) is 11.5 Å². The third kappa shape index (κ3) is 4.51. The molecule has 0 spiro atoms. The maximum atomic E-state index is 12.7. The number of ether oxygens (including phenoxy) is 2. The average Bonchev–Trinajstić information content (AvgIpc) is 2.93. The van der Waals surface area contributed by atoms with Gasteiger partial charge in [-0.1, -0.05) is 35.9 Å². The lowest BCUT2D eigenvalue weighted by Crippen LogP contribution is -2.27. The highest BCUT2D eigenvalue weighted by Gasteiger charge is 2.35. The van der Waals surface area contributed by atoms with Gasteiger partial charge in [-0.15, -0.1) is 0 Å². The van der Waals surface area contributed by atoms with Gasteiger partial charge in [0, 0.05) is 5.02 Å². The second-order valence-electron chi connectivity index (χ2n) is 5.93. The minimum absolute atomic E-state index is 0.148. The predicted molar refractivity (Wildman–Crippen MR) is 112 cm³/mol. The zero-order chi connectivity index (χ0) is 20.1. The maximum absolute atomic E-state index is 12.7. The van der Waals surface area contributed by atoms with Crippen molar-refractivity contribution in [3.05, 3.63) is 63.5 Å². The van der Waals surface area contributed by atoms with Crippen molar-refractivity contribution >= 4 is 40.6 Å². The molecule has 0 atom stereocenters. The van der Waals surface area contributed by atoms with E-state index in [0.29, 0.717) is 34.6 Å². The summed E-state index contributed by atoms with van der Waals surface area (Å²) in [5, 5.41) is 0.213. The van der Waals surface area contributed by atoms with Gasteiger partial charge in [-0.3, -0.25) is 14.5 Å². The van der Waals surface area contributed by atoms with Crippen LogP contribution in [0, 0.1) is 0 Å². The van der Waals surface area contributed by atoms with Gasteiger partial charge in [0.2, 0.25) is 0 Å². The Kier molecular flexibility index (Phi) is 6.65. The van der Waals surface area contributed by atoms with E-state index in [9.17, 15) is 9.59 Å². The Morgan fingerprint density at radius 3 is 2.46 bits per heavy atom. The fourth-order valence-corrected chi connectivity index (χ4v) is 3.78. The van der Waals surface area contributed by atoms with Crippen molar-refractivity contribution in [2.45, 2.75) is 20.4 Å². The molecule has 0 N–H and O–H groups in total. The number of halogens is 1. The number of hydrogen-bond donors (Lipinski definition) is 0. The molecule has 2 amide bonds. The number of imide groups is 1. The van der Waals surface area contributed by atoms with E-state index in [-0.39, 0.29) is 17.7 Å². The first kappa shape index (κ1) is 20.3. The third-order valence-electron chi connectivity index (χ3n) is 4.03. The van der Waals surface area contributed by atoms with E-state index < -0.39 is 0 Å². The van der Waals surface area contributed by atoms with Crippen LogP contribution in [0.4, 0.5) is 4.79 Å². The number of hydrogen-bond acceptors (Lipinski definition) is 5. The van der Waals surface area contributed by atoms with E-state index in [2.05, 4.69) is 0 Å². The van der Waals surface area contributed by atoms with Crippen LogP contribution in [-0.4, -0.2) is 29.3 Å². The topological polar surface area (TPSA) is 55.8 Å². The van der Waals surface area contributed by atoms with Gasteiger partial charge >= 0.3 is 0 Å². The van der Waals surface area contributed by atoms with Gasteiger partial charge in [-0.05, 0) is 61.0 Å². The first-order valence-electron chi connectivity index (χ1n) is 8.92. The SMILES string of the molecule is CCOc1ccc(C=C2SC(=O)N(Cc3ccccc3Cl)C2=O)cc1OCC. The molecule has 3 rings (SSSR count). The molecule has 0 unspecified atom stereocenters. The number of rotatable bonds is 7. The summed E-state index contributed by atoms with van der Waals surface area (Å²) < 4.78 is 11.2. The van der Waals surface area contributed by atoms with Crippen LogP contribution in [0.25, 0.3) is 6.08 Å². The van der Waals surface area contributed by atoms with Gasteiger partial charge < -0.3 is 9.47 Å². The number of carbonyl (C=O) groups excluding carboxylic acids is 2. The minimum atomic E-state index is -0.332. The lowest BCUT2D eigenvalue weighted by atomic mass is 10.1. The van der Waals surface area contributed by atoms with Gasteiger partial charge in [0.05, 0.1) is 24.7 Å². The Hall–Kier alpha value is -2.44. The predicted octanol–water partition coefficient (Wildman–Crippen LogP) is 5.37. The van der Waals surface area contributed by atoms with Crippen LogP contribution in [0.15, 0.2) is 47.4 Å². The van der Waals surface area contributed by atoms with Crippen molar-refractivity contribution in [2.75, 3.05) is 13.2 Å². The quantitative estimate of drug-likeness (QED) is 0.566. The number of benzene rings is 2. The van der Waals surface area contributed by atoms with Crippen LogP contribution in [0.1, 0.15) is 25.0 Å². The number of amides is 2. The van der Waals surface area contributed by atoms with Crippen molar-refractivity contribution in [1.82, 2.24) is 4.90 Å². The lowest BCUT2D eigenvalue weighted by molar-refractivity contribution is -0.123. The zero-order valence-electron chi connectivity index (χ0n) is 15.6. The standard InChI is InChI=1S/C21H20ClNO4S/c1-3-26-17-10-9-14(11-18(17)27-4-2)12-19-20(24)23(21(25)28-19)13-15-7-5-6-8-16(15)22/h5-12H,3-4,13H2,1-2H3. The monoisotopic (exact) mass is 417 g/mol. The first-order chi connectivity index (χ1) is 13.5. The summed E-state index contributed by atoms with van der Waals surface area (Å²) in [7, 11) is 0. The molecule has 2 aromatic rings. The maximum Gasteiger partial charge on any atom is 0.293 e. The van der Waals surface area contributed by atoms with Crippen LogP contribution >= 0.6 is 23.4 Å². The summed E-state index contributed by atoms with van der Waals surface area (Å²) in [4.78, 5) is 26.7. The van der Waals surface area contributed by atoms with Crippen LogP contribution < -0.4 is 9.47 Å². The molecule has 1 saturated heterocycles. The van der Waals surface area contributed by atoms with Gasteiger partial charge in [-0.2, -0.15) is 0 Å². The third-order valence-corrected chi connectivity index (χ3v) is 5.30. The van der Waals surface area contributed by atoms with E-state index in [1.165, 1.54) is 4.90 Å². The molecule has 1 fully saturated rings. The average molecular weight is 418 g/mol. The van der Waals surface area contributed by atoms with E-state index in [1.807, 2.05) is 26.0 Å². The second kappa shape index (κ2) is 9.17. The Morgan fingerprint density at radius 2 is 1.75 bits per heavy atom. The largest absolute Gasteiger partial charge is 0.490 e. The number of nitrogens with zero attached hydrogens (tertiary/aromatic N) is 1. The molecule has 0 aromatic heterocycles. The van der Waals surface area contributed by atoms with Crippen LogP contribution in [0.5, 0.6) is 11.5 Å². The summed E-state index contributed by atoms with van der Waals surface area (Å²) >= 11 is 7.07. The highest BCUT2D eigenvalue weighted by Crippen LogP contribution is 2.36. The van der Waals surface area contributed by atoms with Crippen molar-refractivity contribution in [3.63, 3.8) is 0 Å². The minimum Gasteiger partial charge on any atom is -0.490 e. The molecule has 0 saturated carbocycles. The Morgan fingerprint density at radius 1 is 1.04 bits per heavy atom. The lowest BCUT2D eigenvalue weighted by Gasteiger charge is -2.13. The molecule has 1 aliphatic rings. The van der Waals surface area contributed by atoms with Crippen LogP contribution in [0.2, 0.25) is 5.02 Å². The zero-order valence-corrected chi connectivity index (χ0v) is 17.2. The van der Waals surface area contributed by atoms with Crippen LogP contribution in [-0.2, 0) is 11.3 Å². The molecule has 1 aliphatic heterocycles. The molecular formula is C21H20ClNO4S. The number of carbonyl (C=O) groups is 2. The molecule has 5 nitrogen and oxygen atoms in total. The molecule has 0 bridgehead atoms. The van der Waals surface area contributed by atoms with Gasteiger partial charge in [0.15, 0.2) is 11.5 Å². The van der Waals surface area contributed by atoms with E-state index in [4.69, 9.17) is 21.1 Å².